The maximum absolute atomic E-state index is 10.1. The Morgan fingerprint density at radius 2 is 1.59 bits per heavy atom. The zero-order chi connectivity index (χ0) is 20.5. The van der Waals surface area contributed by atoms with Crippen molar-refractivity contribution < 1.29 is 9.53 Å². The average Bonchev–Trinajstić information content (AvgIpc) is 3.29. The number of aliphatic hydroxyl groups is 1. The highest BCUT2D eigenvalue weighted by molar-refractivity contribution is 6.99. The van der Waals surface area contributed by atoms with Crippen LogP contribution in [0.5, 0.6) is 0 Å². The Balaban J connectivity index is 1.70. The molecule has 2 fully saturated rings. The molecule has 0 radical (unpaired) electrons. The monoisotopic (exact) mass is 409 g/mol. The van der Waals surface area contributed by atoms with Crippen molar-refractivity contribution in [3.05, 3.63) is 60.7 Å². The summed E-state index contributed by atoms with van der Waals surface area (Å²) in [5, 5.41) is 12.8. The summed E-state index contributed by atoms with van der Waals surface area (Å²) in [7, 11) is -2.48. The molecular formula is C25H35NO2Si. The van der Waals surface area contributed by atoms with Crippen molar-refractivity contribution in [1.29, 1.82) is 0 Å². The van der Waals surface area contributed by atoms with E-state index >= 15 is 0 Å². The summed E-state index contributed by atoms with van der Waals surface area (Å²) in [5.41, 5.74) is 0.0134. The quantitative estimate of drug-likeness (QED) is 0.741. The first kappa shape index (κ1) is 20.8. The molecule has 2 aromatic rings. The van der Waals surface area contributed by atoms with Gasteiger partial charge in [-0.05, 0) is 47.6 Å². The van der Waals surface area contributed by atoms with Gasteiger partial charge in [0.1, 0.15) is 0 Å². The van der Waals surface area contributed by atoms with Crippen LogP contribution in [0.1, 0.15) is 46.5 Å². The van der Waals surface area contributed by atoms with Crippen LogP contribution in [0.15, 0.2) is 60.7 Å². The Bertz CT molecular complexity index is 765. The minimum Gasteiger partial charge on any atom is -0.406 e. The summed E-state index contributed by atoms with van der Waals surface area (Å²) in [6, 6.07) is 22.2. The molecule has 4 rings (SSSR count). The predicted molar refractivity (Wildman–Crippen MR) is 122 cm³/mol. The fraction of sp³-hybridized carbons (Fsp3) is 0.520. The molecule has 0 bridgehead atoms. The zero-order valence-electron chi connectivity index (χ0n) is 18.1. The third-order valence-electron chi connectivity index (χ3n) is 7.24. The number of hydrogen-bond donors (Lipinski definition) is 1. The lowest BCUT2D eigenvalue weighted by atomic mass is 9.95. The van der Waals surface area contributed by atoms with Gasteiger partial charge in [0.15, 0.2) is 0 Å². The second-order valence-electron chi connectivity index (χ2n) is 9.85. The number of benzene rings is 2. The van der Waals surface area contributed by atoms with E-state index in [1.165, 1.54) is 16.8 Å². The van der Waals surface area contributed by atoms with Gasteiger partial charge in [0.05, 0.1) is 13.2 Å². The molecule has 0 aromatic heterocycles. The van der Waals surface area contributed by atoms with Crippen molar-refractivity contribution in [2.75, 3.05) is 19.8 Å². The summed E-state index contributed by atoms with van der Waals surface area (Å²) in [6.07, 6.45) is 4.53. The van der Waals surface area contributed by atoms with Gasteiger partial charge in [-0.2, -0.15) is 0 Å². The molecule has 2 aliphatic heterocycles. The fourth-order valence-corrected chi connectivity index (χ4v) is 10.4. The van der Waals surface area contributed by atoms with Crippen LogP contribution in [0.4, 0.5) is 0 Å². The lowest BCUT2D eigenvalue weighted by Gasteiger charge is -2.44. The van der Waals surface area contributed by atoms with Crippen molar-refractivity contribution in [3.63, 3.8) is 0 Å². The number of rotatable bonds is 6. The maximum atomic E-state index is 10.1. The van der Waals surface area contributed by atoms with E-state index in [0.717, 1.165) is 32.4 Å². The van der Waals surface area contributed by atoms with Crippen molar-refractivity contribution in [3.8, 4) is 0 Å². The SMILES string of the molecule is CC(C)(C)[Si](OC[C@H]1CC[C@]2(CO)CCCN12)(c1ccccc1)c1ccccc1. The Morgan fingerprint density at radius 3 is 2.10 bits per heavy atom. The number of aliphatic hydroxyl groups excluding tert-OH is 1. The minimum atomic E-state index is -2.48. The van der Waals surface area contributed by atoms with Gasteiger partial charge in [-0.3, -0.25) is 4.90 Å². The number of hydrogen-bond acceptors (Lipinski definition) is 3. The lowest BCUT2D eigenvalue weighted by Crippen LogP contribution is -2.67. The normalized spacial score (nSPS) is 25.3. The predicted octanol–water partition coefficient (Wildman–Crippen LogP) is 3.55. The molecule has 2 aliphatic rings. The van der Waals surface area contributed by atoms with Crippen molar-refractivity contribution in [2.45, 2.75) is 63.1 Å². The van der Waals surface area contributed by atoms with E-state index in [2.05, 4.69) is 86.3 Å². The highest BCUT2D eigenvalue weighted by Gasteiger charge is 2.53. The molecule has 0 aliphatic carbocycles. The van der Waals surface area contributed by atoms with Crippen LogP contribution in [0.3, 0.4) is 0 Å². The van der Waals surface area contributed by atoms with Gasteiger partial charge in [-0.1, -0.05) is 81.4 Å². The summed E-state index contributed by atoms with van der Waals surface area (Å²) in [4.78, 5) is 2.56. The topological polar surface area (TPSA) is 32.7 Å². The first-order valence-electron chi connectivity index (χ1n) is 11.1. The van der Waals surface area contributed by atoms with Crippen LogP contribution in [0, 0.1) is 0 Å². The summed E-state index contributed by atoms with van der Waals surface area (Å²) < 4.78 is 7.16. The van der Waals surface area contributed by atoms with E-state index in [-0.39, 0.29) is 17.2 Å². The van der Waals surface area contributed by atoms with Gasteiger partial charge in [0, 0.05) is 11.6 Å². The van der Waals surface area contributed by atoms with Gasteiger partial charge in [0.2, 0.25) is 0 Å². The van der Waals surface area contributed by atoms with E-state index < -0.39 is 8.32 Å². The Labute approximate surface area is 176 Å². The van der Waals surface area contributed by atoms with Crippen LogP contribution in [0.2, 0.25) is 5.04 Å². The van der Waals surface area contributed by atoms with Gasteiger partial charge >= 0.3 is 0 Å². The highest BCUT2D eigenvalue weighted by Crippen LogP contribution is 2.43. The molecule has 156 valence electrons. The van der Waals surface area contributed by atoms with E-state index in [1.807, 2.05) is 0 Å². The standard InChI is InChI=1S/C25H35NO2Si/c1-24(2,3)29(22-11-6-4-7-12-22,23-13-8-5-9-14-23)28-19-21-15-17-25(20-27)16-10-18-26(21)25/h4-9,11-14,21,27H,10,15-20H2,1-3H3/t21-,25+/m1/s1. The number of fused-ring (bicyclic) bond motifs is 1. The van der Waals surface area contributed by atoms with Gasteiger partial charge < -0.3 is 9.53 Å². The largest absolute Gasteiger partial charge is 0.406 e. The molecule has 0 unspecified atom stereocenters. The summed E-state index contributed by atoms with van der Waals surface area (Å²) >= 11 is 0. The summed E-state index contributed by atoms with van der Waals surface area (Å²) in [5.74, 6) is 0. The van der Waals surface area contributed by atoms with E-state index in [0.29, 0.717) is 6.04 Å². The van der Waals surface area contributed by atoms with Gasteiger partial charge in [-0.15, -0.1) is 0 Å². The maximum Gasteiger partial charge on any atom is 0.261 e. The molecule has 3 nitrogen and oxygen atoms in total. The molecule has 0 saturated carbocycles. The van der Waals surface area contributed by atoms with Crippen LogP contribution in [0.25, 0.3) is 0 Å². The van der Waals surface area contributed by atoms with Crippen molar-refractivity contribution in [2.24, 2.45) is 0 Å². The molecule has 29 heavy (non-hydrogen) atoms. The second-order valence-corrected chi connectivity index (χ2v) is 14.2. The second kappa shape index (κ2) is 7.99. The zero-order valence-corrected chi connectivity index (χ0v) is 19.1. The van der Waals surface area contributed by atoms with Crippen LogP contribution >= 0.6 is 0 Å². The molecule has 1 N–H and O–H groups in total. The van der Waals surface area contributed by atoms with Gasteiger partial charge in [0.25, 0.3) is 8.32 Å². The minimum absolute atomic E-state index is 0.00733. The third kappa shape index (κ3) is 3.50. The smallest absolute Gasteiger partial charge is 0.261 e. The molecule has 2 atom stereocenters. The Morgan fingerprint density at radius 1 is 1.00 bits per heavy atom. The molecule has 0 amide bonds. The molecule has 2 heterocycles. The molecule has 2 saturated heterocycles. The Kier molecular flexibility index (Phi) is 5.73. The fourth-order valence-electron chi connectivity index (χ4n) is 5.79. The van der Waals surface area contributed by atoms with Crippen LogP contribution in [-0.2, 0) is 4.43 Å². The van der Waals surface area contributed by atoms with Crippen LogP contribution < -0.4 is 10.4 Å². The summed E-state index contributed by atoms with van der Waals surface area (Å²) in [6.45, 7) is 9.12. The molecule has 4 heteroatoms. The van der Waals surface area contributed by atoms with E-state index in [4.69, 9.17) is 4.43 Å². The highest BCUT2D eigenvalue weighted by atomic mass is 28.4. The molecule has 0 spiro atoms. The van der Waals surface area contributed by atoms with Crippen LogP contribution in [-0.4, -0.2) is 49.7 Å². The van der Waals surface area contributed by atoms with Crippen molar-refractivity contribution in [1.82, 2.24) is 4.90 Å². The number of nitrogens with zero attached hydrogens (tertiary/aromatic N) is 1. The average molecular weight is 410 g/mol. The molecule has 2 aromatic carbocycles. The van der Waals surface area contributed by atoms with Gasteiger partial charge in [-0.25, -0.2) is 0 Å². The first-order chi connectivity index (χ1) is 13.9. The van der Waals surface area contributed by atoms with Crippen molar-refractivity contribution >= 4 is 18.7 Å². The first-order valence-corrected chi connectivity index (χ1v) is 13.0. The molecular weight excluding hydrogens is 374 g/mol. The van der Waals surface area contributed by atoms with E-state index in [1.54, 1.807) is 0 Å². The lowest BCUT2D eigenvalue weighted by molar-refractivity contribution is 0.0614. The van der Waals surface area contributed by atoms with E-state index in [9.17, 15) is 5.11 Å². The Hall–Kier alpha value is -1.46. The third-order valence-corrected chi connectivity index (χ3v) is 12.2.